The first kappa shape index (κ1) is 17.4. The van der Waals surface area contributed by atoms with Gasteiger partial charge in [-0.2, -0.15) is 0 Å². The molecule has 0 aromatic heterocycles. The van der Waals surface area contributed by atoms with Gasteiger partial charge in [0.25, 0.3) is 0 Å². The fraction of sp³-hybridized carbons (Fsp3) is 0.278. The predicted molar refractivity (Wildman–Crippen MR) is 95.9 cm³/mol. The number of para-hydroxylation sites is 1. The molecule has 0 aliphatic carbocycles. The van der Waals surface area contributed by atoms with Crippen molar-refractivity contribution in [3.8, 4) is 0 Å². The van der Waals surface area contributed by atoms with Crippen molar-refractivity contribution in [2.75, 3.05) is 18.2 Å². The van der Waals surface area contributed by atoms with Crippen LogP contribution in [0.25, 0.3) is 0 Å². The third kappa shape index (κ3) is 5.62. The summed E-state index contributed by atoms with van der Waals surface area (Å²) in [6, 6.07) is 15.6. The molecular weight excluding hydrogens is 308 g/mol. The van der Waals surface area contributed by atoms with Crippen molar-refractivity contribution in [3.05, 3.63) is 59.7 Å². The summed E-state index contributed by atoms with van der Waals surface area (Å²) in [6.45, 7) is 3.80. The van der Waals surface area contributed by atoms with Crippen LogP contribution in [0.4, 0.5) is 10.5 Å². The van der Waals surface area contributed by atoms with Gasteiger partial charge in [0.1, 0.15) is 0 Å². The monoisotopic (exact) mass is 330 g/mol. The predicted octanol–water partition coefficient (Wildman–Crippen LogP) is 4.27. The van der Waals surface area contributed by atoms with Crippen molar-refractivity contribution >= 4 is 23.5 Å². The molecule has 2 rings (SSSR count). The fourth-order valence-corrected chi connectivity index (χ4v) is 2.62. The fourth-order valence-electron chi connectivity index (χ4n) is 2.07. The van der Waals surface area contributed by atoms with Crippen molar-refractivity contribution in [1.29, 1.82) is 0 Å². The molecule has 0 unspecified atom stereocenters. The van der Waals surface area contributed by atoms with Crippen LogP contribution in [0.5, 0.6) is 0 Å². The van der Waals surface area contributed by atoms with Crippen LogP contribution in [0, 0.1) is 0 Å². The van der Waals surface area contributed by atoms with Gasteiger partial charge in [0.05, 0.1) is 12.3 Å². The highest BCUT2D eigenvalue weighted by atomic mass is 32.2. The summed E-state index contributed by atoms with van der Waals surface area (Å²) in [6.07, 6.45) is 1.99. The Labute approximate surface area is 141 Å². The van der Waals surface area contributed by atoms with E-state index in [2.05, 4.69) is 10.6 Å². The summed E-state index contributed by atoms with van der Waals surface area (Å²) in [5.74, 6) is 0. The summed E-state index contributed by atoms with van der Waals surface area (Å²) in [4.78, 5) is 13.1. The van der Waals surface area contributed by atoms with Gasteiger partial charge in [0, 0.05) is 18.0 Å². The molecule has 2 aromatic rings. The van der Waals surface area contributed by atoms with Crippen LogP contribution in [-0.4, -0.2) is 18.9 Å². The number of benzene rings is 2. The summed E-state index contributed by atoms with van der Waals surface area (Å²) in [5, 5.41) is 5.75. The Morgan fingerprint density at radius 2 is 1.78 bits per heavy atom. The van der Waals surface area contributed by atoms with Crippen LogP contribution < -0.4 is 10.6 Å². The number of rotatable bonds is 7. The van der Waals surface area contributed by atoms with E-state index in [0.717, 1.165) is 21.7 Å². The van der Waals surface area contributed by atoms with E-state index in [9.17, 15) is 4.79 Å². The Morgan fingerprint density at radius 1 is 1.09 bits per heavy atom. The van der Waals surface area contributed by atoms with Gasteiger partial charge in [-0.15, -0.1) is 11.8 Å². The molecule has 0 atom stereocenters. The minimum atomic E-state index is -0.204. The molecule has 5 heteroatoms. The zero-order valence-corrected chi connectivity index (χ0v) is 14.3. The Kier molecular flexibility index (Phi) is 6.97. The maximum Gasteiger partial charge on any atom is 0.319 e. The van der Waals surface area contributed by atoms with Crippen molar-refractivity contribution in [3.63, 3.8) is 0 Å². The molecule has 0 saturated heterocycles. The van der Waals surface area contributed by atoms with Gasteiger partial charge in [-0.1, -0.05) is 36.4 Å². The number of anilines is 1. The number of hydrogen-bond donors (Lipinski definition) is 2. The lowest BCUT2D eigenvalue weighted by Crippen LogP contribution is -2.28. The summed E-state index contributed by atoms with van der Waals surface area (Å²) in [5.41, 5.74) is 3.01. The van der Waals surface area contributed by atoms with Crippen molar-refractivity contribution in [2.45, 2.75) is 25.0 Å². The van der Waals surface area contributed by atoms with E-state index in [-0.39, 0.29) is 6.03 Å². The van der Waals surface area contributed by atoms with Gasteiger partial charge in [0.15, 0.2) is 0 Å². The van der Waals surface area contributed by atoms with Gasteiger partial charge in [-0.25, -0.2) is 4.79 Å². The third-order valence-corrected chi connectivity index (χ3v) is 4.10. The van der Waals surface area contributed by atoms with Crippen molar-refractivity contribution < 1.29 is 9.53 Å². The molecule has 2 amide bonds. The normalized spacial score (nSPS) is 10.3. The average Bonchev–Trinajstić information content (AvgIpc) is 2.59. The first-order valence-corrected chi connectivity index (χ1v) is 8.79. The van der Waals surface area contributed by atoms with E-state index < -0.39 is 0 Å². The number of carbonyl (C=O) groups is 1. The van der Waals surface area contributed by atoms with E-state index in [0.29, 0.717) is 19.8 Å². The Morgan fingerprint density at radius 3 is 2.48 bits per heavy atom. The second-order valence-corrected chi connectivity index (χ2v) is 5.81. The van der Waals surface area contributed by atoms with Crippen LogP contribution in [-0.2, 0) is 17.9 Å². The van der Waals surface area contributed by atoms with E-state index in [1.54, 1.807) is 11.8 Å². The molecule has 0 radical (unpaired) electrons. The lowest BCUT2D eigenvalue weighted by atomic mass is 10.1. The molecular formula is C18H22N2O2S. The van der Waals surface area contributed by atoms with E-state index in [1.165, 1.54) is 0 Å². The summed E-state index contributed by atoms with van der Waals surface area (Å²) < 4.78 is 5.36. The van der Waals surface area contributed by atoms with Crippen LogP contribution in [0.1, 0.15) is 18.1 Å². The largest absolute Gasteiger partial charge is 0.377 e. The molecule has 0 aliphatic rings. The lowest BCUT2D eigenvalue weighted by Gasteiger charge is -2.11. The lowest BCUT2D eigenvalue weighted by molar-refractivity contribution is 0.134. The zero-order chi connectivity index (χ0) is 16.5. The van der Waals surface area contributed by atoms with Gasteiger partial charge < -0.3 is 15.4 Å². The van der Waals surface area contributed by atoms with Gasteiger partial charge >= 0.3 is 6.03 Å². The highest BCUT2D eigenvalue weighted by Gasteiger charge is 2.05. The Bertz CT molecular complexity index is 629. The van der Waals surface area contributed by atoms with Crippen molar-refractivity contribution in [1.82, 2.24) is 5.32 Å². The highest BCUT2D eigenvalue weighted by molar-refractivity contribution is 7.98. The minimum Gasteiger partial charge on any atom is -0.377 e. The van der Waals surface area contributed by atoms with E-state index in [1.807, 2.05) is 61.7 Å². The Hall–Kier alpha value is -1.98. The van der Waals surface area contributed by atoms with Gasteiger partial charge in [-0.3, -0.25) is 0 Å². The molecule has 0 bridgehead atoms. The molecule has 2 N–H and O–H groups in total. The zero-order valence-electron chi connectivity index (χ0n) is 13.5. The molecule has 2 aromatic carbocycles. The van der Waals surface area contributed by atoms with E-state index >= 15 is 0 Å². The second-order valence-electron chi connectivity index (χ2n) is 4.96. The topological polar surface area (TPSA) is 50.4 Å². The SMILES string of the molecule is CCOCc1ccc(CNC(=O)Nc2ccccc2SC)cc1. The van der Waals surface area contributed by atoms with Gasteiger partial charge in [-0.05, 0) is 36.4 Å². The molecule has 0 aliphatic heterocycles. The molecule has 0 fully saturated rings. The van der Waals surface area contributed by atoms with Gasteiger partial charge in [0.2, 0.25) is 0 Å². The molecule has 23 heavy (non-hydrogen) atoms. The van der Waals surface area contributed by atoms with Crippen LogP contribution in [0.2, 0.25) is 0 Å². The summed E-state index contributed by atoms with van der Waals surface area (Å²) in [7, 11) is 0. The maximum absolute atomic E-state index is 12.0. The second kappa shape index (κ2) is 9.22. The van der Waals surface area contributed by atoms with E-state index in [4.69, 9.17) is 4.74 Å². The molecule has 0 saturated carbocycles. The first-order valence-electron chi connectivity index (χ1n) is 7.56. The smallest absolute Gasteiger partial charge is 0.319 e. The minimum absolute atomic E-state index is 0.204. The number of ether oxygens (including phenoxy) is 1. The van der Waals surface area contributed by atoms with Crippen LogP contribution in [0.3, 0.4) is 0 Å². The number of thioether (sulfide) groups is 1. The summed E-state index contributed by atoms with van der Waals surface area (Å²) >= 11 is 1.61. The quantitative estimate of drug-likeness (QED) is 0.746. The van der Waals surface area contributed by atoms with Crippen LogP contribution in [0.15, 0.2) is 53.4 Å². The first-order chi connectivity index (χ1) is 11.2. The third-order valence-electron chi connectivity index (χ3n) is 3.30. The molecule has 0 heterocycles. The maximum atomic E-state index is 12.0. The van der Waals surface area contributed by atoms with Crippen molar-refractivity contribution in [2.24, 2.45) is 0 Å². The van der Waals surface area contributed by atoms with Crippen LogP contribution >= 0.6 is 11.8 Å². The average molecular weight is 330 g/mol. The number of urea groups is 1. The number of hydrogen-bond acceptors (Lipinski definition) is 3. The molecule has 122 valence electrons. The highest BCUT2D eigenvalue weighted by Crippen LogP contribution is 2.24. The Balaban J connectivity index is 1.84. The standard InChI is InChI=1S/C18H22N2O2S/c1-3-22-13-15-10-8-14(9-11-15)12-19-18(21)20-16-6-4-5-7-17(16)23-2/h4-11H,3,12-13H2,1-2H3,(H2,19,20,21). The number of amides is 2. The number of carbonyl (C=O) groups excluding carboxylic acids is 1. The molecule has 0 spiro atoms. The number of nitrogens with one attached hydrogen (secondary N) is 2. The molecule has 4 nitrogen and oxygen atoms in total.